The van der Waals surface area contributed by atoms with Gasteiger partial charge < -0.3 is 4.74 Å². The number of hydrogen-bond acceptors (Lipinski definition) is 1. The minimum atomic E-state index is -0.216. The summed E-state index contributed by atoms with van der Waals surface area (Å²) >= 11 is 3.28. The van der Waals surface area contributed by atoms with Crippen LogP contribution in [0.25, 0.3) is 0 Å². The maximum Gasteiger partial charge on any atom is 0.137 e. The van der Waals surface area contributed by atoms with Gasteiger partial charge in [0.2, 0.25) is 0 Å². The molecule has 0 amide bonds. The van der Waals surface area contributed by atoms with E-state index < -0.39 is 0 Å². The van der Waals surface area contributed by atoms with Crippen molar-refractivity contribution in [3.8, 4) is 0 Å². The summed E-state index contributed by atoms with van der Waals surface area (Å²) in [7, 11) is 0. The highest BCUT2D eigenvalue weighted by molar-refractivity contribution is 9.10. The lowest BCUT2D eigenvalue weighted by Crippen LogP contribution is -2.27. The third-order valence-corrected chi connectivity index (χ3v) is 4.74. The number of hydrogen-bond donors (Lipinski definition) is 0. The van der Waals surface area contributed by atoms with Gasteiger partial charge in [-0.05, 0) is 46.3 Å². The van der Waals surface area contributed by atoms with Crippen molar-refractivity contribution in [2.24, 2.45) is 5.92 Å². The minimum Gasteiger partial charge on any atom is -0.373 e. The summed E-state index contributed by atoms with van der Waals surface area (Å²) in [5.41, 5.74) is 0.899. The minimum absolute atomic E-state index is 0.216. The highest BCUT2D eigenvalue weighted by Crippen LogP contribution is 2.30. The van der Waals surface area contributed by atoms with Gasteiger partial charge >= 0.3 is 0 Å². The van der Waals surface area contributed by atoms with Crippen LogP contribution in [0.1, 0.15) is 44.6 Å². The zero-order chi connectivity index (χ0) is 13.0. The molecule has 2 unspecified atom stereocenters. The molecule has 1 fully saturated rings. The van der Waals surface area contributed by atoms with Crippen LogP contribution >= 0.6 is 15.9 Å². The topological polar surface area (TPSA) is 9.23 Å². The van der Waals surface area contributed by atoms with E-state index in [1.54, 1.807) is 6.07 Å². The molecule has 18 heavy (non-hydrogen) atoms. The number of benzene rings is 1. The normalized spacial score (nSPS) is 24.2. The van der Waals surface area contributed by atoms with E-state index in [0.29, 0.717) is 23.1 Å². The summed E-state index contributed by atoms with van der Waals surface area (Å²) in [5.74, 6) is 0.456. The Kier molecular flexibility index (Phi) is 5.19. The Balaban J connectivity index is 1.96. The van der Waals surface area contributed by atoms with Crippen molar-refractivity contribution in [3.05, 3.63) is 34.1 Å². The summed E-state index contributed by atoms with van der Waals surface area (Å²) in [6, 6.07) is 5.11. The van der Waals surface area contributed by atoms with Gasteiger partial charge in [-0.1, -0.05) is 38.3 Å². The van der Waals surface area contributed by atoms with Crippen molar-refractivity contribution in [2.45, 2.75) is 51.7 Å². The van der Waals surface area contributed by atoms with Crippen molar-refractivity contribution in [1.29, 1.82) is 0 Å². The van der Waals surface area contributed by atoms with E-state index in [2.05, 4.69) is 22.9 Å². The molecule has 0 aromatic heterocycles. The molecule has 0 bridgehead atoms. The fourth-order valence-electron chi connectivity index (χ4n) is 2.72. The zero-order valence-electron chi connectivity index (χ0n) is 10.8. The van der Waals surface area contributed by atoms with Gasteiger partial charge in [-0.25, -0.2) is 4.39 Å². The molecule has 0 heterocycles. The molecule has 0 spiro atoms. The summed E-state index contributed by atoms with van der Waals surface area (Å²) in [6.07, 6.45) is 6.51. The summed E-state index contributed by atoms with van der Waals surface area (Å²) in [4.78, 5) is 0. The third kappa shape index (κ3) is 3.33. The van der Waals surface area contributed by atoms with Crippen molar-refractivity contribution >= 4 is 15.9 Å². The van der Waals surface area contributed by atoms with Crippen molar-refractivity contribution in [2.75, 3.05) is 0 Å². The Labute approximate surface area is 117 Å². The first-order chi connectivity index (χ1) is 8.72. The first-order valence-electron chi connectivity index (χ1n) is 6.77. The Morgan fingerprint density at radius 2 is 2.11 bits per heavy atom. The molecule has 1 aromatic rings. The predicted molar refractivity (Wildman–Crippen MR) is 74.9 cm³/mol. The first kappa shape index (κ1) is 14.0. The maximum absolute atomic E-state index is 13.4. The Hall–Kier alpha value is -0.410. The second-order valence-electron chi connectivity index (χ2n) is 5.02. The monoisotopic (exact) mass is 314 g/mol. The van der Waals surface area contributed by atoms with Crippen LogP contribution in [-0.4, -0.2) is 6.10 Å². The van der Waals surface area contributed by atoms with E-state index in [4.69, 9.17) is 4.74 Å². The van der Waals surface area contributed by atoms with E-state index in [1.165, 1.54) is 31.7 Å². The third-order valence-electron chi connectivity index (χ3n) is 3.85. The van der Waals surface area contributed by atoms with Gasteiger partial charge in [-0.2, -0.15) is 0 Å². The predicted octanol–water partition coefficient (Wildman–Crippen LogP) is 5.07. The van der Waals surface area contributed by atoms with Crippen LogP contribution in [0.4, 0.5) is 4.39 Å². The molecule has 2 atom stereocenters. The smallest absolute Gasteiger partial charge is 0.137 e. The highest BCUT2D eigenvalue weighted by Gasteiger charge is 2.24. The van der Waals surface area contributed by atoms with Crippen LogP contribution in [0.15, 0.2) is 22.7 Å². The van der Waals surface area contributed by atoms with Gasteiger partial charge in [-0.15, -0.1) is 0 Å². The Bertz CT molecular complexity index is 394. The zero-order valence-corrected chi connectivity index (χ0v) is 12.4. The average molecular weight is 315 g/mol. The van der Waals surface area contributed by atoms with Crippen molar-refractivity contribution < 1.29 is 9.13 Å². The van der Waals surface area contributed by atoms with Crippen LogP contribution in [-0.2, 0) is 11.3 Å². The van der Waals surface area contributed by atoms with E-state index >= 15 is 0 Å². The lowest BCUT2D eigenvalue weighted by atomic mass is 9.85. The van der Waals surface area contributed by atoms with Gasteiger partial charge in [0.15, 0.2) is 0 Å². The highest BCUT2D eigenvalue weighted by atomic mass is 79.9. The lowest BCUT2D eigenvalue weighted by Gasteiger charge is -2.30. The second kappa shape index (κ2) is 6.67. The molecule has 1 aromatic carbocycles. The number of halogens is 2. The average Bonchev–Trinajstić information content (AvgIpc) is 2.41. The van der Waals surface area contributed by atoms with Crippen molar-refractivity contribution in [3.63, 3.8) is 0 Å². The van der Waals surface area contributed by atoms with Gasteiger partial charge in [0, 0.05) is 0 Å². The molecule has 100 valence electrons. The largest absolute Gasteiger partial charge is 0.373 e. The fourth-order valence-corrected chi connectivity index (χ4v) is 3.10. The van der Waals surface area contributed by atoms with E-state index in [0.717, 1.165) is 12.0 Å². The van der Waals surface area contributed by atoms with E-state index in [9.17, 15) is 4.39 Å². The Morgan fingerprint density at radius 3 is 2.89 bits per heavy atom. The maximum atomic E-state index is 13.4. The van der Waals surface area contributed by atoms with Crippen LogP contribution in [0.2, 0.25) is 0 Å². The van der Waals surface area contributed by atoms with Crippen LogP contribution in [0, 0.1) is 11.7 Å². The molecule has 1 aliphatic rings. The molecule has 2 rings (SSSR count). The molecular formula is C15H20BrFO. The molecule has 1 aliphatic carbocycles. The second-order valence-corrected chi connectivity index (χ2v) is 5.81. The van der Waals surface area contributed by atoms with Crippen LogP contribution in [0.3, 0.4) is 0 Å². The first-order valence-corrected chi connectivity index (χ1v) is 7.56. The molecule has 0 radical (unpaired) electrons. The van der Waals surface area contributed by atoms with E-state index in [-0.39, 0.29) is 5.82 Å². The van der Waals surface area contributed by atoms with Gasteiger partial charge in [0.05, 0.1) is 17.2 Å². The fraction of sp³-hybridized carbons (Fsp3) is 0.600. The molecule has 3 heteroatoms. The van der Waals surface area contributed by atoms with Crippen LogP contribution < -0.4 is 0 Å². The molecular weight excluding hydrogens is 295 g/mol. The Morgan fingerprint density at radius 1 is 1.33 bits per heavy atom. The van der Waals surface area contributed by atoms with Crippen LogP contribution in [0.5, 0.6) is 0 Å². The van der Waals surface area contributed by atoms with E-state index in [1.807, 2.05) is 6.07 Å². The summed E-state index contributed by atoms with van der Waals surface area (Å²) in [5, 5.41) is 0. The number of rotatable bonds is 4. The lowest BCUT2D eigenvalue weighted by molar-refractivity contribution is -0.0224. The molecule has 1 nitrogen and oxygen atoms in total. The summed E-state index contributed by atoms with van der Waals surface area (Å²) < 4.78 is 19.9. The molecule has 0 N–H and O–H groups in total. The summed E-state index contributed by atoms with van der Waals surface area (Å²) in [6.45, 7) is 2.73. The number of ether oxygens (including phenoxy) is 1. The van der Waals surface area contributed by atoms with Gasteiger partial charge in [-0.3, -0.25) is 0 Å². The van der Waals surface area contributed by atoms with Gasteiger partial charge in [0.1, 0.15) is 5.82 Å². The molecule has 0 aliphatic heterocycles. The van der Waals surface area contributed by atoms with Gasteiger partial charge in [0.25, 0.3) is 0 Å². The van der Waals surface area contributed by atoms with Crippen molar-refractivity contribution in [1.82, 2.24) is 0 Å². The molecule has 1 saturated carbocycles. The SMILES string of the molecule is CCC1CCCCC1OCc1cccc(F)c1Br. The quantitative estimate of drug-likeness (QED) is 0.753. The standard InChI is InChI=1S/C15H20BrFO/c1-2-11-6-3-4-9-14(11)18-10-12-7-5-8-13(17)15(12)16/h5,7-8,11,14H,2-4,6,9-10H2,1H3. The molecule has 0 saturated heterocycles.